The first-order chi connectivity index (χ1) is 14.1. The average Bonchev–Trinajstić information content (AvgIpc) is 3.27. The number of carbonyl (C=O) groups excluding carboxylic acids is 1. The SMILES string of the molecule is CCCCOc1cccc(CNC(=O)c2cc([N+](=O)[O-])ccc2N2CCCC2)c1. The Morgan fingerprint density at radius 1 is 1.21 bits per heavy atom. The molecule has 1 saturated heterocycles. The lowest BCUT2D eigenvalue weighted by atomic mass is 10.1. The van der Waals surface area contributed by atoms with Crippen LogP contribution in [-0.2, 0) is 6.54 Å². The quantitative estimate of drug-likeness (QED) is 0.387. The molecule has 0 aliphatic carbocycles. The molecular weight excluding hydrogens is 370 g/mol. The van der Waals surface area contributed by atoms with Gasteiger partial charge in [0.05, 0.1) is 22.8 Å². The van der Waals surface area contributed by atoms with Crippen LogP contribution in [0.3, 0.4) is 0 Å². The maximum absolute atomic E-state index is 12.9. The third kappa shape index (κ3) is 5.47. The second kappa shape index (κ2) is 9.91. The third-order valence-corrected chi connectivity index (χ3v) is 5.00. The Morgan fingerprint density at radius 3 is 2.72 bits per heavy atom. The van der Waals surface area contributed by atoms with Crippen LogP contribution in [0.4, 0.5) is 11.4 Å². The Hall–Kier alpha value is -3.09. The van der Waals surface area contributed by atoms with Crippen molar-refractivity contribution in [3.8, 4) is 5.75 Å². The minimum Gasteiger partial charge on any atom is -0.494 e. The fourth-order valence-electron chi connectivity index (χ4n) is 3.41. The smallest absolute Gasteiger partial charge is 0.270 e. The summed E-state index contributed by atoms with van der Waals surface area (Å²) in [6.45, 7) is 4.81. The van der Waals surface area contributed by atoms with Gasteiger partial charge in [0.25, 0.3) is 11.6 Å². The Bertz CT molecular complexity index is 863. The van der Waals surface area contributed by atoms with Gasteiger partial charge in [-0.25, -0.2) is 0 Å². The van der Waals surface area contributed by atoms with Crippen LogP contribution in [0.25, 0.3) is 0 Å². The van der Waals surface area contributed by atoms with Gasteiger partial charge in [0.2, 0.25) is 0 Å². The molecule has 1 aliphatic heterocycles. The average molecular weight is 397 g/mol. The van der Waals surface area contributed by atoms with E-state index in [4.69, 9.17) is 4.74 Å². The summed E-state index contributed by atoms with van der Waals surface area (Å²) in [5.41, 5.74) is 1.93. The highest BCUT2D eigenvalue weighted by Gasteiger charge is 2.22. The number of benzene rings is 2. The Morgan fingerprint density at radius 2 is 2.00 bits per heavy atom. The lowest BCUT2D eigenvalue weighted by Crippen LogP contribution is -2.27. The molecule has 154 valence electrons. The zero-order chi connectivity index (χ0) is 20.6. The van der Waals surface area contributed by atoms with Gasteiger partial charge in [-0.15, -0.1) is 0 Å². The van der Waals surface area contributed by atoms with Crippen LogP contribution in [-0.4, -0.2) is 30.5 Å². The highest BCUT2D eigenvalue weighted by molar-refractivity contribution is 6.00. The van der Waals surface area contributed by atoms with Crippen molar-refractivity contribution in [3.63, 3.8) is 0 Å². The van der Waals surface area contributed by atoms with Gasteiger partial charge in [0, 0.05) is 31.8 Å². The lowest BCUT2D eigenvalue weighted by Gasteiger charge is -2.21. The van der Waals surface area contributed by atoms with E-state index in [1.807, 2.05) is 24.3 Å². The number of nitrogens with zero attached hydrogens (tertiary/aromatic N) is 2. The van der Waals surface area contributed by atoms with Gasteiger partial charge >= 0.3 is 0 Å². The molecule has 0 atom stereocenters. The summed E-state index contributed by atoms with van der Waals surface area (Å²) < 4.78 is 5.71. The summed E-state index contributed by atoms with van der Waals surface area (Å²) in [4.78, 5) is 25.7. The highest BCUT2D eigenvalue weighted by atomic mass is 16.6. The number of carbonyl (C=O) groups is 1. The fraction of sp³-hybridized carbons (Fsp3) is 0.409. The predicted molar refractivity (Wildman–Crippen MR) is 113 cm³/mol. The molecule has 1 fully saturated rings. The molecular formula is C22H27N3O4. The number of ether oxygens (including phenoxy) is 1. The normalized spacial score (nSPS) is 13.3. The van der Waals surface area contributed by atoms with E-state index in [-0.39, 0.29) is 11.6 Å². The second-order valence-electron chi connectivity index (χ2n) is 7.18. The number of hydrogen-bond acceptors (Lipinski definition) is 5. The van der Waals surface area contributed by atoms with E-state index in [9.17, 15) is 14.9 Å². The molecule has 0 spiro atoms. The van der Waals surface area contributed by atoms with Crippen molar-refractivity contribution < 1.29 is 14.5 Å². The Balaban J connectivity index is 1.72. The number of unbranched alkanes of at least 4 members (excludes halogenated alkanes) is 1. The number of nitro benzene ring substituents is 1. The van der Waals surface area contributed by atoms with E-state index < -0.39 is 4.92 Å². The molecule has 3 rings (SSSR count). The zero-order valence-electron chi connectivity index (χ0n) is 16.7. The number of hydrogen-bond donors (Lipinski definition) is 1. The van der Waals surface area contributed by atoms with E-state index >= 15 is 0 Å². The molecule has 0 bridgehead atoms. The third-order valence-electron chi connectivity index (χ3n) is 5.00. The molecule has 7 heteroatoms. The van der Waals surface area contributed by atoms with Crippen molar-refractivity contribution in [2.45, 2.75) is 39.2 Å². The van der Waals surface area contributed by atoms with Crippen LogP contribution in [0.1, 0.15) is 48.5 Å². The fourth-order valence-corrected chi connectivity index (χ4v) is 3.41. The zero-order valence-corrected chi connectivity index (χ0v) is 16.7. The first-order valence-electron chi connectivity index (χ1n) is 10.1. The molecule has 1 N–H and O–H groups in total. The number of rotatable bonds is 9. The summed E-state index contributed by atoms with van der Waals surface area (Å²) in [6, 6.07) is 12.1. The number of non-ortho nitro benzene ring substituents is 1. The van der Waals surface area contributed by atoms with Crippen LogP contribution in [0.15, 0.2) is 42.5 Å². The number of amides is 1. The maximum Gasteiger partial charge on any atom is 0.270 e. The van der Waals surface area contributed by atoms with Gasteiger partial charge in [-0.1, -0.05) is 25.5 Å². The van der Waals surface area contributed by atoms with Crippen LogP contribution in [0.5, 0.6) is 5.75 Å². The van der Waals surface area contributed by atoms with Gasteiger partial charge in [-0.2, -0.15) is 0 Å². The minimum absolute atomic E-state index is 0.0792. The first kappa shape index (κ1) is 20.6. The summed E-state index contributed by atoms with van der Waals surface area (Å²) in [5.74, 6) is 0.464. The minimum atomic E-state index is -0.471. The molecule has 0 unspecified atom stereocenters. The van der Waals surface area contributed by atoms with Gasteiger partial charge in [-0.3, -0.25) is 14.9 Å². The lowest BCUT2D eigenvalue weighted by molar-refractivity contribution is -0.384. The van der Waals surface area contributed by atoms with E-state index in [1.165, 1.54) is 12.1 Å². The molecule has 1 amide bonds. The summed E-state index contributed by atoms with van der Waals surface area (Å²) in [7, 11) is 0. The molecule has 29 heavy (non-hydrogen) atoms. The van der Waals surface area contributed by atoms with Gasteiger partial charge in [0.1, 0.15) is 5.75 Å². The maximum atomic E-state index is 12.9. The summed E-state index contributed by atoms with van der Waals surface area (Å²) in [6.07, 6.45) is 4.18. The first-order valence-corrected chi connectivity index (χ1v) is 10.1. The van der Waals surface area contributed by atoms with E-state index in [1.54, 1.807) is 6.07 Å². The number of nitrogens with one attached hydrogen (secondary N) is 1. The molecule has 0 radical (unpaired) electrons. The standard InChI is InChI=1S/C22H27N3O4/c1-2-3-13-29-19-8-6-7-17(14-19)16-23-22(26)20-15-18(25(27)28)9-10-21(20)24-11-4-5-12-24/h6-10,14-15H,2-5,11-13,16H2,1H3,(H,23,26). The van der Waals surface area contributed by atoms with Gasteiger partial charge < -0.3 is 15.0 Å². The van der Waals surface area contributed by atoms with E-state index in [0.717, 1.165) is 55.8 Å². The van der Waals surface area contributed by atoms with Crippen molar-refractivity contribution in [1.82, 2.24) is 5.32 Å². The molecule has 0 saturated carbocycles. The van der Waals surface area contributed by atoms with Crippen LogP contribution in [0, 0.1) is 10.1 Å². The van der Waals surface area contributed by atoms with Crippen LogP contribution in [0.2, 0.25) is 0 Å². The number of nitro groups is 1. The van der Waals surface area contributed by atoms with Crippen LogP contribution >= 0.6 is 0 Å². The number of anilines is 1. The monoisotopic (exact) mass is 397 g/mol. The highest BCUT2D eigenvalue weighted by Crippen LogP contribution is 2.28. The van der Waals surface area contributed by atoms with Crippen molar-refractivity contribution in [2.75, 3.05) is 24.6 Å². The summed E-state index contributed by atoms with van der Waals surface area (Å²) >= 11 is 0. The predicted octanol–water partition coefficient (Wildman–Crippen LogP) is 4.30. The Kier molecular flexibility index (Phi) is 7.05. The molecule has 1 aliphatic rings. The largest absolute Gasteiger partial charge is 0.494 e. The van der Waals surface area contributed by atoms with E-state index in [2.05, 4.69) is 17.1 Å². The topological polar surface area (TPSA) is 84.7 Å². The molecule has 2 aromatic rings. The van der Waals surface area contributed by atoms with Gasteiger partial charge in [0.15, 0.2) is 0 Å². The second-order valence-corrected chi connectivity index (χ2v) is 7.18. The van der Waals surface area contributed by atoms with Crippen molar-refractivity contribution in [1.29, 1.82) is 0 Å². The van der Waals surface area contributed by atoms with Crippen molar-refractivity contribution in [3.05, 3.63) is 63.7 Å². The van der Waals surface area contributed by atoms with Gasteiger partial charge in [-0.05, 0) is 43.0 Å². The van der Waals surface area contributed by atoms with Crippen LogP contribution < -0.4 is 15.0 Å². The molecule has 2 aromatic carbocycles. The molecule has 7 nitrogen and oxygen atoms in total. The van der Waals surface area contributed by atoms with E-state index in [0.29, 0.717) is 18.7 Å². The summed E-state index contributed by atoms with van der Waals surface area (Å²) in [5, 5.41) is 14.1. The van der Waals surface area contributed by atoms with Crippen molar-refractivity contribution in [2.24, 2.45) is 0 Å². The Labute approximate surface area is 170 Å². The van der Waals surface area contributed by atoms with Crippen molar-refractivity contribution >= 4 is 17.3 Å². The molecule has 0 aromatic heterocycles. The molecule has 1 heterocycles.